The molecule has 1 aromatic heterocycles. The smallest absolute Gasteiger partial charge is 0.233 e. The normalized spacial score (nSPS) is 20.1. The van der Waals surface area contributed by atoms with Gasteiger partial charge in [0.1, 0.15) is 0 Å². The second kappa shape index (κ2) is 8.15. The van der Waals surface area contributed by atoms with Crippen LogP contribution in [0.25, 0.3) is 0 Å². The lowest BCUT2D eigenvalue weighted by atomic mass is 9.95. The maximum atomic E-state index is 12.2. The van der Waals surface area contributed by atoms with Crippen LogP contribution in [0.2, 0.25) is 0 Å². The first-order chi connectivity index (χ1) is 10.8. The molecule has 0 radical (unpaired) electrons. The Morgan fingerprint density at radius 3 is 2.96 bits per heavy atom. The zero-order valence-corrected chi connectivity index (χ0v) is 15.2. The van der Waals surface area contributed by atoms with Crippen molar-refractivity contribution >= 4 is 17.7 Å². The van der Waals surface area contributed by atoms with Crippen LogP contribution >= 0.6 is 11.8 Å². The van der Waals surface area contributed by atoms with E-state index in [1.807, 2.05) is 37.1 Å². The van der Waals surface area contributed by atoms with Crippen molar-refractivity contribution in [2.45, 2.75) is 64.0 Å². The number of nitrogens with zero attached hydrogens (tertiary/aromatic N) is 2. The van der Waals surface area contributed by atoms with Gasteiger partial charge in [-0.05, 0) is 44.2 Å². The van der Waals surface area contributed by atoms with E-state index in [0.717, 1.165) is 31.2 Å². The maximum Gasteiger partial charge on any atom is 0.233 e. The molecule has 1 fully saturated rings. The molecule has 0 bridgehead atoms. The molecule has 1 saturated heterocycles. The SMILES string of the molecule is CC(CCCC(C)(C)O)CC1SCC(=O)N1Cc1cccnc1. The summed E-state index contributed by atoms with van der Waals surface area (Å²) in [5, 5.41) is 10.1. The number of carbonyl (C=O) groups is 1. The summed E-state index contributed by atoms with van der Waals surface area (Å²) in [6.45, 7) is 6.62. The molecule has 4 nitrogen and oxygen atoms in total. The van der Waals surface area contributed by atoms with Crippen molar-refractivity contribution in [3.63, 3.8) is 0 Å². The summed E-state index contributed by atoms with van der Waals surface area (Å²) in [6.07, 6.45) is 7.55. The van der Waals surface area contributed by atoms with Crippen molar-refractivity contribution in [2.24, 2.45) is 5.92 Å². The third-order valence-electron chi connectivity index (χ3n) is 4.23. The van der Waals surface area contributed by atoms with Gasteiger partial charge >= 0.3 is 0 Å². The summed E-state index contributed by atoms with van der Waals surface area (Å²) < 4.78 is 0. The van der Waals surface area contributed by atoms with E-state index in [9.17, 15) is 9.90 Å². The Morgan fingerprint density at radius 2 is 2.30 bits per heavy atom. The summed E-state index contributed by atoms with van der Waals surface area (Å²) in [4.78, 5) is 18.3. The summed E-state index contributed by atoms with van der Waals surface area (Å²) >= 11 is 1.75. The van der Waals surface area contributed by atoms with Crippen molar-refractivity contribution < 1.29 is 9.90 Å². The molecule has 2 atom stereocenters. The summed E-state index contributed by atoms with van der Waals surface area (Å²) in [5.41, 5.74) is 0.507. The van der Waals surface area contributed by atoms with Gasteiger partial charge in [0.25, 0.3) is 0 Å². The Bertz CT molecular complexity index is 501. The number of hydrogen-bond acceptors (Lipinski definition) is 4. The average Bonchev–Trinajstić information content (AvgIpc) is 2.80. The number of pyridine rings is 1. The first-order valence-corrected chi connectivity index (χ1v) is 9.42. The number of amides is 1. The topological polar surface area (TPSA) is 53.4 Å². The van der Waals surface area contributed by atoms with Crippen LogP contribution in [0.3, 0.4) is 0 Å². The largest absolute Gasteiger partial charge is 0.390 e. The Balaban J connectivity index is 1.84. The number of carbonyl (C=O) groups excluding carboxylic acids is 1. The Labute approximate surface area is 143 Å². The van der Waals surface area contributed by atoms with Crippen molar-refractivity contribution in [3.05, 3.63) is 30.1 Å². The van der Waals surface area contributed by atoms with Gasteiger partial charge in [0.2, 0.25) is 5.91 Å². The van der Waals surface area contributed by atoms with Crippen molar-refractivity contribution in [1.29, 1.82) is 0 Å². The van der Waals surface area contributed by atoms with Crippen LogP contribution in [0.1, 0.15) is 52.0 Å². The van der Waals surface area contributed by atoms with E-state index in [0.29, 0.717) is 18.2 Å². The van der Waals surface area contributed by atoms with E-state index in [1.54, 1.807) is 18.0 Å². The van der Waals surface area contributed by atoms with E-state index >= 15 is 0 Å². The van der Waals surface area contributed by atoms with Gasteiger partial charge in [-0.3, -0.25) is 9.78 Å². The van der Waals surface area contributed by atoms with Crippen LogP contribution in [0.15, 0.2) is 24.5 Å². The number of rotatable bonds is 8. The van der Waals surface area contributed by atoms with Gasteiger partial charge < -0.3 is 10.0 Å². The molecule has 2 heterocycles. The van der Waals surface area contributed by atoms with Crippen molar-refractivity contribution in [1.82, 2.24) is 9.88 Å². The van der Waals surface area contributed by atoms with Gasteiger partial charge in [-0.15, -0.1) is 11.8 Å². The number of aliphatic hydroxyl groups is 1. The minimum atomic E-state index is -0.579. The molecule has 2 rings (SSSR count). The lowest BCUT2D eigenvalue weighted by Gasteiger charge is -2.26. The molecule has 23 heavy (non-hydrogen) atoms. The van der Waals surface area contributed by atoms with Gasteiger partial charge in [-0.1, -0.05) is 25.8 Å². The molecular weight excluding hydrogens is 308 g/mol. The molecule has 1 aliphatic heterocycles. The Hall–Kier alpha value is -1.07. The van der Waals surface area contributed by atoms with Crippen LogP contribution in [-0.2, 0) is 11.3 Å². The van der Waals surface area contributed by atoms with E-state index in [4.69, 9.17) is 0 Å². The zero-order chi connectivity index (χ0) is 16.9. The Morgan fingerprint density at radius 1 is 1.52 bits per heavy atom. The van der Waals surface area contributed by atoms with Gasteiger partial charge in [0.05, 0.1) is 16.7 Å². The zero-order valence-electron chi connectivity index (χ0n) is 14.4. The molecule has 2 unspecified atom stereocenters. The van der Waals surface area contributed by atoms with Gasteiger partial charge in [0, 0.05) is 18.9 Å². The van der Waals surface area contributed by atoms with Gasteiger partial charge in [0.15, 0.2) is 0 Å². The second-order valence-corrected chi connectivity index (χ2v) is 8.36. The van der Waals surface area contributed by atoms with E-state index in [-0.39, 0.29) is 11.3 Å². The summed E-state index contributed by atoms with van der Waals surface area (Å²) in [7, 11) is 0. The predicted octanol–water partition coefficient (Wildman–Crippen LogP) is 3.45. The van der Waals surface area contributed by atoms with Gasteiger partial charge in [-0.2, -0.15) is 0 Å². The number of aromatic nitrogens is 1. The fourth-order valence-electron chi connectivity index (χ4n) is 2.92. The third-order valence-corrected chi connectivity index (χ3v) is 5.48. The van der Waals surface area contributed by atoms with Crippen LogP contribution in [-0.4, -0.2) is 37.6 Å². The molecule has 1 N–H and O–H groups in total. The fraction of sp³-hybridized carbons (Fsp3) is 0.667. The quantitative estimate of drug-likeness (QED) is 0.790. The monoisotopic (exact) mass is 336 g/mol. The lowest BCUT2D eigenvalue weighted by molar-refractivity contribution is -0.128. The fourth-order valence-corrected chi connectivity index (χ4v) is 4.26. The van der Waals surface area contributed by atoms with Crippen molar-refractivity contribution in [3.8, 4) is 0 Å². The second-order valence-electron chi connectivity index (χ2n) is 7.19. The highest BCUT2D eigenvalue weighted by atomic mass is 32.2. The third kappa shape index (κ3) is 6.15. The van der Waals surface area contributed by atoms with E-state index in [2.05, 4.69) is 11.9 Å². The first-order valence-electron chi connectivity index (χ1n) is 8.37. The van der Waals surface area contributed by atoms with E-state index < -0.39 is 5.60 Å². The molecule has 0 saturated carbocycles. The van der Waals surface area contributed by atoms with Crippen LogP contribution < -0.4 is 0 Å². The molecule has 0 aliphatic carbocycles. The van der Waals surface area contributed by atoms with Crippen LogP contribution in [0, 0.1) is 5.92 Å². The minimum absolute atomic E-state index is 0.229. The van der Waals surface area contributed by atoms with E-state index in [1.165, 1.54) is 0 Å². The molecule has 1 aliphatic rings. The molecule has 0 spiro atoms. The molecule has 1 amide bonds. The van der Waals surface area contributed by atoms with Crippen LogP contribution in [0.5, 0.6) is 0 Å². The van der Waals surface area contributed by atoms with Gasteiger partial charge in [-0.25, -0.2) is 0 Å². The number of hydrogen-bond donors (Lipinski definition) is 1. The van der Waals surface area contributed by atoms with Crippen molar-refractivity contribution in [2.75, 3.05) is 5.75 Å². The first kappa shape index (κ1) is 18.3. The van der Waals surface area contributed by atoms with Crippen LogP contribution in [0.4, 0.5) is 0 Å². The standard InChI is InChI=1S/C18H28N2O2S/c1-14(6-4-8-18(2,3)22)10-17-20(16(21)13-23-17)12-15-7-5-9-19-11-15/h5,7,9,11,14,17,22H,4,6,8,10,12-13H2,1-3H3. The highest BCUT2D eigenvalue weighted by Gasteiger charge is 2.32. The predicted molar refractivity (Wildman–Crippen MR) is 95.0 cm³/mol. The minimum Gasteiger partial charge on any atom is -0.390 e. The molecule has 1 aromatic rings. The average molecular weight is 337 g/mol. The highest BCUT2D eigenvalue weighted by Crippen LogP contribution is 2.32. The maximum absolute atomic E-state index is 12.2. The molecule has 128 valence electrons. The highest BCUT2D eigenvalue weighted by molar-refractivity contribution is 8.00. The molecule has 0 aromatic carbocycles. The molecular formula is C18H28N2O2S. The summed E-state index contributed by atoms with van der Waals surface area (Å²) in [6, 6.07) is 3.93. The lowest BCUT2D eigenvalue weighted by Crippen LogP contribution is -2.33. The molecule has 5 heteroatoms. The summed E-state index contributed by atoms with van der Waals surface area (Å²) in [5.74, 6) is 1.37. The Kier molecular flexibility index (Phi) is 6.48. The number of thioether (sulfide) groups is 1.